The Kier molecular flexibility index (Phi) is 7.66. The van der Waals surface area contributed by atoms with E-state index in [2.05, 4.69) is 16.4 Å². The van der Waals surface area contributed by atoms with Crippen LogP contribution < -0.4 is 11.1 Å². The molecule has 0 aromatic heterocycles. The number of halogens is 2. The molecule has 1 aromatic carbocycles. The molecule has 20 heavy (non-hydrogen) atoms. The molecule has 1 aromatic rings. The normalized spacial score (nSPS) is 16.6. The molecule has 0 amide bonds. The Labute approximate surface area is 143 Å². The maximum atomic E-state index is 6.00. The van der Waals surface area contributed by atoms with Gasteiger partial charge in [0, 0.05) is 11.1 Å². The first-order valence-electron chi connectivity index (χ1n) is 6.96. The lowest BCUT2D eigenvalue weighted by Crippen LogP contribution is -2.41. The van der Waals surface area contributed by atoms with E-state index in [1.54, 1.807) is 0 Å². The zero-order chi connectivity index (χ0) is 13.7. The lowest BCUT2D eigenvalue weighted by molar-refractivity contribution is 0.412. The summed E-state index contributed by atoms with van der Waals surface area (Å²) in [6, 6.07) is 6.46. The Morgan fingerprint density at radius 1 is 1.35 bits per heavy atom. The average Bonchev–Trinajstić information content (AvgIpc) is 2.41. The minimum absolute atomic E-state index is 0. The van der Waals surface area contributed by atoms with E-state index in [-0.39, 0.29) is 24.0 Å². The number of hydrogen-bond acceptors (Lipinski definition) is 1. The highest BCUT2D eigenvalue weighted by Crippen LogP contribution is 2.18. The van der Waals surface area contributed by atoms with Crippen LogP contribution in [0, 0.1) is 6.92 Å². The molecule has 1 aliphatic carbocycles. The molecule has 0 heterocycles. The Morgan fingerprint density at radius 3 is 2.70 bits per heavy atom. The van der Waals surface area contributed by atoms with Gasteiger partial charge in [-0.25, -0.2) is 4.99 Å². The molecule has 1 aliphatic rings. The van der Waals surface area contributed by atoms with Crippen LogP contribution >= 0.6 is 35.6 Å². The Hall–Kier alpha value is -0.490. The first-order valence-corrected chi connectivity index (χ1v) is 7.34. The van der Waals surface area contributed by atoms with Gasteiger partial charge in [0.15, 0.2) is 5.96 Å². The summed E-state index contributed by atoms with van der Waals surface area (Å²) in [6.45, 7) is 2.60. The highest BCUT2D eigenvalue weighted by molar-refractivity contribution is 14.0. The molecule has 0 saturated heterocycles. The molecular formula is C15H23ClIN3. The van der Waals surface area contributed by atoms with Gasteiger partial charge in [0.1, 0.15) is 0 Å². The molecular weight excluding hydrogens is 385 g/mol. The highest BCUT2D eigenvalue weighted by Gasteiger charge is 2.13. The van der Waals surface area contributed by atoms with Crippen molar-refractivity contribution in [1.29, 1.82) is 0 Å². The lowest BCUT2D eigenvalue weighted by Gasteiger charge is -2.23. The summed E-state index contributed by atoms with van der Waals surface area (Å²) < 4.78 is 0. The number of aliphatic imine (C=N–C) groups is 1. The van der Waals surface area contributed by atoms with Crippen LogP contribution in [0.2, 0.25) is 5.02 Å². The van der Waals surface area contributed by atoms with E-state index in [0.717, 1.165) is 16.1 Å². The molecule has 0 aliphatic heterocycles. The van der Waals surface area contributed by atoms with Crippen LogP contribution in [-0.2, 0) is 6.54 Å². The summed E-state index contributed by atoms with van der Waals surface area (Å²) in [6.07, 6.45) is 6.34. The molecule has 2 rings (SSSR count). The topological polar surface area (TPSA) is 50.4 Å². The summed E-state index contributed by atoms with van der Waals surface area (Å²) in [4.78, 5) is 4.40. The number of nitrogens with one attached hydrogen (secondary N) is 1. The van der Waals surface area contributed by atoms with Gasteiger partial charge in [0.25, 0.3) is 0 Å². The lowest BCUT2D eigenvalue weighted by atomic mass is 9.96. The van der Waals surface area contributed by atoms with Crippen molar-refractivity contribution in [2.45, 2.75) is 51.6 Å². The Balaban J connectivity index is 0.00000200. The van der Waals surface area contributed by atoms with Crippen LogP contribution in [0.4, 0.5) is 0 Å². The van der Waals surface area contributed by atoms with Gasteiger partial charge in [0.2, 0.25) is 0 Å². The fourth-order valence-corrected chi connectivity index (χ4v) is 2.60. The van der Waals surface area contributed by atoms with Gasteiger partial charge in [-0.2, -0.15) is 0 Å². The van der Waals surface area contributed by atoms with E-state index in [0.29, 0.717) is 18.5 Å². The molecule has 3 N–H and O–H groups in total. The number of hydrogen-bond donors (Lipinski definition) is 2. The minimum atomic E-state index is 0. The van der Waals surface area contributed by atoms with Crippen LogP contribution in [0.1, 0.15) is 43.2 Å². The number of guanidine groups is 1. The third-order valence-corrected chi connectivity index (χ3v) is 4.04. The molecule has 5 heteroatoms. The first kappa shape index (κ1) is 17.6. The predicted octanol–water partition coefficient (Wildman–Crippen LogP) is 4.00. The molecule has 0 unspecified atom stereocenters. The third kappa shape index (κ3) is 5.48. The summed E-state index contributed by atoms with van der Waals surface area (Å²) >= 11 is 6.00. The van der Waals surface area contributed by atoms with Crippen LogP contribution in [0.15, 0.2) is 23.2 Å². The zero-order valence-electron chi connectivity index (χ0n) is 11.9. The quantitative estimate of drug-likeness (QED) is 0.452. The molecule has 0 atom stereocenters. The maximum Gasteiger partial charge on any atom is 0.189 e. The van der Waals surface area contributed by atoms with Crippen LogP contribution in [0.5, 0.6) is 0 Å². The van der Waals surface area contributed by atoms with Gasteiger partial charge in [0.05, 0.1) is 6.54 Å². The van der Waals surface area contributed by atoms with Gasteiger partial charge in [-0.1, -0.05) is 43.0 Å². The van der Waals surface area contributed by atoms with Crippen molar-refractivity contribution in [3.63, 3.8) is 0 Å². The Morgan fingerprint density at radius 2 is 2.05 bits per heavy atom. The number of aryl methyl sites for hydroxylation is 1. The van der Waals surface area contributed by atoms with Crippen LogP contribution in [-0.4, -0.2) is 12.0 Å². The number of rotatable bonds is 3. The van der Waals surface area contributed by atoms with Crippen LogP contribution in [0.3, 0.4) is 0 Å². The average molecular weight is 408 g/mol. The maximum absolute atomic E-state index is 6.00. The van der Waals surface area contributed by atoms with Gasteiger partial charge in [-0.3, -0.25) is 0 Å². The van der Waals surface area contributed by atoms with Crippen LogP contribution in [0.25, 0.3) is 0 Å². The van der Waals surface area contributed by atoms with Crippen molar-refractivity contribution in [2.24, 2.45) is 10.7 Å². The van der Waals surface area contributed by atoms with Crippen molar-refractivity contribution in [3.05, 3.63) is 34.3 Å². The van der Waals surface area contributed by atoms with Crippen molar-refractivity contribution < 1.29 is 0 Å². The van der Waals surface area contributed by atoms with Gasteiger partial charge in [-0.15, -0.1) is 24.0 Å². The van der Waals surface area contributed by atoms with Crippen molar-refractivity contribution in [3.8, 4) is 0 Å². The van der Waals surface area contributed by atoms with Crippen molar-refractivity contribution in [1.82, 2.24) is 5.32 Å². The molecule has 1 saturated carbocycles. The van der Waals surface area contributed by atoms with Crippen molar-refractivity contribution in [2.75, 3.05) is 0 Å². The monoisotopic (exact) mass is 407 g/mol. The predicted molar refractivity (Wildman–Crippen MR) is 96.9 cm³/mol. The number of benzene rings is 1. The number of nitrogens with two attached hydrogens (primary N) is 1. The van der Waals surface area contributed by atoms with Gasteiger partial charge in [-0.05, 0) is 37.0 Å². The molecule has 0 spiro atoms. The van der Waals surface area contributed by atoms with E-state index >= 15 is 0 Å². The molecule has 3 nitrogen and oxygen atoms in total. The highest BCUT2D eigenvalue weighted by atomic mass is 127. The SMILES string of the molecule is Cc1cc(CN=C(N)NC2CCCCC2)ccc1Cl.I. The molecule has 0 bridgehead atoms. The standard InChI is InChI=1S/C15H22ClN3.HI/c1-11-9-12(7-8-14(11)16)10-18-15(17)19-13-5-3-2-4-6-13;/h7-9,13H,2-6,10H2,1H3,(H3,17,18,19);1H. The zero-order valence-corrected chi connectivity index (χ0v) is 14.9. The largest absolute Gasteiger partial charge is 0.370 e. The first-order chi connectivity index (χ1) is 9.15. The van der Waals surface area contributed by atoms with E-state index in [4.69, 9.17) is 17.3 Å². The fourth-order valence-electron chi connectivity index (χ4n) is 2.48. The van der Waals surface area contributed by atoms with E-state index in [1.165, 1.54) is 32.1 Å². The van der Waals surface area contributed by atoms with Gasteiger partial charge < -0.3 is 11.1 Å². The van der Waals surface area contributed by atoms with E-state index < -0.39 is 0 Å². The minimum Gasteiger partial charge on any atom is -0.370 e. The summed E-state index contributed by atoms with van der Waals surface area (Å²) in [5, 5.41) is 4.11. The molecule has 0 radical (unpaired) electrons. The van der Waals surface area contributed by atoms with E-state index in [1.807, 2.05) is 19.1 Å². The second-order valence-corrected chi connectivity index (χ2v) is 5.67. The second kappa shape index (κ2) is 8.72. The molecule has 112 valence electrons. The second-order valence-electron chi connectivity index (χ2n) is 5.26. The van der Waals surface area contributed by atoms with E-state index in [9.17, 15) is 0 Å². The Bertz CT molecular complexity index is 456. The van der Waals surface area contributed by atoms with Crippen molar-refractivity contribution >= 4 is 41.5 Å². The third-order valence-electron chi connectivity index (χ3n) is 3.61. The summed E-state index contributed by atoms with van der Waals surface area (Å²) in [5.41, 5.74) is 8.14. The van der Waals surface area contributed by atoms with Gasteiger partial charge >= 0.3 is 0 Å². The number of nitrogens with zero attached hydrogens (tertiary/aromatic N) is 1. The summed E-state index contributed by atoms with van der Waals surface area (Å²) in [5.74, 6) is 0.555. The summed E-state index contributed by atoms with van der Waals surface area (Å²) in [7, 11) is 0. The fraction of sp³-hybridized carbons (Fsp3) is 0.533. The molecule has 1 fully saturated rings. The smallest absolute Gasteiger partial charge is 0.189 e.